The largest absolute Gasteiger partial charge is 0.478 e. The van der Waals surface area contributed by atoms with Crippen molar-refractivity contribution in [3.63, 3.8) is 0 Å². The number of carboxylic acids is 2. The number of rotatable bonds is 6. The minimum atomic E-state index is -1.36. The fourth-order valence-electron chi connectivity index (χ4n) is 12.6. The lowest BCUT2D eigenvalue weighted by atomic mass is 9.60. The van der Waals surface area contributed by atoms with E-state index in [2.05, 4.69) is 24.3 Å². The quantitative estimate of drug-likeness (QED) is 0.0900. The number of ether oxygens (including phenoxy) is 4. The molecule has 8 aromatic carbocycles. The van der Waals surface area contributed by atoms with Crippen molar-refractivity contribution < 1.29 is 67.5 Å². The molecule has 0 radical (unpaired) electrons. The summed E-state index contributed by atoms with van der Waals surface area (Å²) in [7, 11) is 0. The maximum Gasteiger partial charge on any atom is 0.346 e. The summed E-state index contributed by atoms with van der Waals surface area (Å²) in [5.74, 6) is -5.30. The maximum absolute atomic E-state index is 12.6. The molecule has 0 aromatic heterocycles. The predicted molar refractivity (Wildman–Crippen MR) is 305 cm³/mol. The SMILES string of the molecule is CC.CC.CC.CC.O=C1OC(=O)c2cc3c(cc21)Cc1cc2c(cc1C31c3ccccc3-c3ccccc31)C(=O)OC2=O.O=COc1cc2c(cc1OC=O)C1(c3cc(C(=O)O)c(C(=O)O)cc3C2)c2ccccc2-c2ccccc21. The molecule has 4 aliphatic carbocycles. The third kappa shape index (κ3) is 8.31. The minimum Gasteiger partial charge on any atom is -0.478 e. The first-order chi connectivity index (χ1) is 39.9. The number of esters is 4. The number of benzene rings is 8. The molecule has 0 fully saturated rings. The van der Waals surface area contributed by atoms with Gasteiger partial charge in [-0.3, -0.25) is 9.59 Å². The molecule has 14 nitrogen and oxygen atoms in total. The van der Waals surface area contributed by atoms with Crippen LogP contribution in [0.1, 0.15) is 184 Å². The van der Waals surface area contributed by atoms with Crippen LogP contribution < -0.4 is 9.47 Å². The van der Waals surface area contributed by atoms with Gasteiger partial charge >= 0.3 is 35.8 Å². The van der Waals surface area contributed by atoms with Gasteiger partial charge in [0.25, 0.3) is 12.9 Å². The van der Waals surface area contributed by atoms with Crippen molar-refractivity contribution in [3.05, 3.63) is 246 Å². The van der Waals surface area contributed by atoms with Gasteiger partial charge in [-0.25, -0.2) is 28.8 Å². The van der Waals surface area contributed by atoms with Gasteiger partial charge in [-0.2, -0.15) is 0 Å². The van der Waals surface area contributed by atoms with E-state index in [-0.39, 0.29) is 64.2 Å². The van der Waals surface area contributed by atoms with Crippen molar-refractivity contribution in [2.24, 2.45) is 0 Å². The molecule has 0 saturated heterocycles. The first kappa shape index (κ1) is 56.6. The Morgan fingerprint density at radius 2 is 0.659 bits per heavy atom. The molecule has 82 heavy (non-hydrogen) atoms. The molecule has 2 aliphatic heterocycles. The first-order valence-corrected chi connectivity index (χ1v) is 27.2. The fraction of sp³-hybridized carbons (Fsp3) is 0.176. The highest BCUT2D eigenvalue weighted by molar-refractivity contribution is 6.16. The molecule has 14 heteroatoms. The van der Waals surface area contributed by atoms with Crippen molar-refractivity contribution in [2.75, 3.05) is 0 Å². The molecule has 8 aromatic rings. The van der Waals surface area contributed by atoms with Gasteiger partial charge in [-0.05, 0) is 150 Å². The maximum atomic E-state index is 12.6. The number of aromatic carboxylic acids is 2. The molecular weight excluding hydrogens is 1040 g/mol. The number of carbonyl (C=O) groups excluding carboxylic acids is 6. The Morgan fingerprint density at radius 1 is 0.378 bits per heavy atom. The average Bonchev–Trinajstić information content (AvgIpc) is 1.83. The molecule has 2 N–H and O–H groups in total. The summed E-state index contributed by atoms with van der Waals surface area (Å²) in [6.07, 6.45) is 0.647. The third-order valence-corrected chi connectivity index (χ3v) is 15.2. The Labute approximate surface area is 472 Å². The minimum absolute atomic E-state index is 0.0242. The number of carboxylic acid groups (broad SMARTS) is 2. The number of hydrogen-bond acceptors (Lipinski definition) is 12. The lowest BCUT2D eigenvalue weighted by Crippen LogP contribution is -2.35. The smallest absolute Gasteiger partial charge is 0.346 e. The first-order valence-electron chi connectivity index (χ1n) is 27.2. The highest BCUT2D eigenvalue weighted by Crippen LogP contribution is 2.62. The standard InChI is InChI=1S/C30H18O8.C30H14O6.4C2H6/c31-14-37-26-11-17-9-16-10-20(28(33)34)21(29(35)36)12-24(16)30(25(17)13-27(26)38-15-32)22-7-3-1-5-18(22)19-6-2-4-8-23(19)30;31-26-18-10-14-9-15-11-19-21(29(34)36-27(19)32)13-25(15)30(24(14)12-20(18)28(33)35-26)22-7-3-1-5-16(22)17-6-2-4-8-23(17)30;4*1-2/h1-8,10-15H,9H2,(H,33,34)(H,35,36);1-8,10-13H,9H2;4*1-2H3. The Morgan fingerprint density at radius 3 is 1.01 bits per heavy atom. The summed E-state index contributed by atoms with van der Waals surface area (Å²) in [5, 5.41) is 19.8. The zero-order chi connectivity index (χ0) is 58.9. The molecule has 6 aliphatic rings. The van der Waals surface area contributed by atoms with E-state index in [9.17, 15) is 48.6 Å². The van der Waals surface area contributed by atoms with Crippen LogP contribution in [-0.4, -0.2) is 59.0 Å². The summed E-state index contributed by atoms with van der Waals surface area (Å²) in [5.41, 5.74) is 12.2. The van der Waals surface area contributed by atoms with Crippen LogP contribution in [0.5, 0.6) is 11.5 Å². The monoisotopic (exact) mass is 1100 g/mol. The second kappa shape index (κ2) is 22.6. The lowest BCUT2D eigenvalue weighted by Gasteiger charge is -2.40. The van der Waals surface area contributed by atoms with Gasteiger partial charge in [-0.1, -0.05) is 152 Å². The second-order valence-electron chi connectivity index (χ2n) is 18.5. The molecule has 0 unspecified atom stereocenters. The highest BCUT2D eigenvalue weighted by Gasteiger charge is 2.53. The molecular formula is C68H56O14. The van der Waals surface area contributed by atoms with E-state index in [1.54, 1.807) is 36.4 Å². The van der Waals surface area contributed by atoms with E-state index in [0.29, 0.717) is 28.7 Å². The van der Waals surface area contributed by atoms with E-state index in [1.165, 1.54) is 12.1 Å². The van der Waals surface area contributed by atoms with Crippen LogP contribution in [0.15, 0.2) is 146 Å². The summed E-state index contributed by atoms with van der Waals surface area (Å²) >= 11 is 0. The van der Waals surface area contributed by atoms with Crippen LogP contribution in [0.2, 0.25) is 0 Å². The molecule has 2 spiro atoms. The van der Waals surface area contributed by atoms with Crippen molar-refractivity contribution in [3.8, 4) is 33.8 Å². The van der Waals surface area contributed by atoms with E-state index in [1.807, 2.05) is 128 Å². The number of hydrogen-bond donors (Lipinski definition) is 2. The molecule has 0 atom stereocenters. The van der Waals surface area contributed by atoms with Crippen LogP contribution in [0, 0.1) is 0 Å². The van der Waals surface area contributed by atoms with E-state index < -0.39 is 46.6 Å². The Kier molecular flexibility index (Phi) is 15.6. The number of carbonyl (C=O) groups is 8. The van der Waals surface area contributed by atoms with Crippen LogP contribution >= 0.6 is 0 Å². The molecule has 412 valence electrons. The van der Waals surface area contributed by atoms with E-state index >= 15 is 0 Å². The van der Waals surface area contributed by atoms with Gasteiger partial charge in [0.15, 0.2) is 11.5 Å². The predicted octanol–water partition coefficient (Wildman–Crippen LogP) is 13.1. The van der Waals surface area contributed by atoms with Gasteiger partial charge in [0.1, 0.15) is 0 Å². The van der Waals surface area contributed by atoms with Gasteiger partial charge in [-0.15, -0.1) is 0 Å². The van der Waals surface area contributed by atoms with Crippen molar-refractivity contribution in [1.82, 2.24) is 0 Å². The Balaban J connectivity index is 0.000000177. The zero-order valence-corrected chi connectivity index (χ0v) is 46.2. The third-order valence-electron chi connectivity index (χ3n) is 15.2. The van der Waals surface area contributed by atoms with E-state index in [0.717, 1.165) is 66.8 Å². The van der Waals surface area contributed by atoms with Crippen molar-refractivity contribution in [1.29, 1.82) is 0 Å². The molecule has 14 rings (SSSR count). The van der Waals surface area contributed by atoms with Gasteiger partial charge in [0, 0.05) is 0 Å². The summed E-state index contributed by atoms with van der Waals surface area (Å²) < 4.78 is 20.2. The highest BCUT2D eigenvalue weighted by atomic mass is 16.6. The van der Waals surface area contributed by atoms with E-state index in [4.69, 9.17) is 18.9 Å². The fourth-order valence-corrected chi connectivity index (χ4v) is 12.6. The summed E-state index contributed by atoms with van der Waals surface area (Å²) in [6, 6.07) is 44.7. The topological polar surface area (TPSA) is 214 Å². The average molecular weight is 1100 g/mol. The van der Waals surface area contributed by atoms with Crippen LogP contribution in [0.4, 0.5) is 0 Å². The van der Waals surface area contributed by atoms with Crippen molar-refractivity contribution in [2.45, 2.75) is 79.1 Å². The van der Waals surface area contributed by atoms with Gasteiger partial charge < -0.3 is 29.2 Å². The van der Waals surface area contributed by atoms with Gasteiger partial charge in [0.05, 0.1) is 44.2 Å². The Bertz CT molecular complexity index is 3840. The summed E-state index contributed by atoms with van der Waals surface area (Å²) in [6.45, 7) is 16.5. The van der Waals surface area contributed by atoms with Crippen LogP contribution in [-0.2, 0) is 42.7 Å². The summed E-state index contributed by atoms with van der Waals surface area (Å²) in [4.78, 5) is 96.8. The lowest BCUT2D eigenvalue weighted by molar-refractivity contribution is -0.123. The van der Waals surface area contributed by atoms with Crippen LogP contribution in [0.25, 0.3) is 22.3 Å². The normalized spacial score (nSPS) is 14.0. The zero-order valence-electron chi connectivity index (χ0n) is 46.2. The molecule has 0 amide bonds. The Hall–Kier alpha value is -10.1. The number of cyclic esters (lactones) is 4. The van der Waals surface area contributed by atoms with Gasteiger partial charge in [0.2, 0.25) is 0 Å². The van der Waals surface area contributed by atoms with Crippen LogP contribution in [0.3, 0.4) is 0 Å². The van der Waals surface area contributed by atoms with Crippen molar-refractivity contribution >= 4 is 48.8 Å². The molecule has 0 saturated carbocycles. The molecule has 0 bridgehead atoms. The molecule has 2 heterocycles. The second-order valence-corrected chi connectivity index (χ2v) is 18.5. The number of fused-ring (bicyclic) bond motifs is 20.